The van der Waals surface area contributed by atoms with E-state index >= 15 is 0 Å². The lowest BCUT2D eigenvalue weighted by molar-refractivity contribution is -0.143. The molecule has 32 heavy (non-hydrogen) atoms. The molecule has 1 aliphatic carbocycles. The molecule has 0 amide bonds. The maximum absolute atomic E-state index is 14.2. The molecule has 1 heterocycles. The Morgan fingerprint density at radius 2 is 1.78 bits per heavy atom. The van der Waals surface area contributed by atoms with Gasteiger partial charge in [0, 0.05) is 17.2 Å². The Bertz CT molecular complexity index is 1240. The number of carbonyl (C=O) groups is 2. The molecule has 5 nitrogen and oxygen atoms in total. The van der Waals surface area contributed by atoms with Crippen molar-refractivity contribution in [1.29, 1.82) is 0 Å². The van der Waals surface area contributed by atoms with Crippen LogP contribution in [0.2, 0.25) is 0 Å². The van der Waals surface area contributed by atoms with Crippen LogP contribution in [0.1, 0.15) is 30.0 Å². The van der Waals surface area contributed by atoms with E-state index in [1.807, 2.05) is 73.7 Å². The summed E-state index contributed by atoms with van der Waals surface area (Å²) in [5, 5.41) is 5.49. The van der Waals surface area contributed by atoms with E-state index < -0.39 is 39.5 Å². The summed E-state index contributed by atoms with van der Waals surface area (Å²) in [4.78, 5) is 26.9. The second-order valence-electron chi connectivity index (χ2n) is 8.65. The summed E-state index contributed by atoms with van der Waals surface area (Å²) in [5.74, 6) is -0.877. The molecular weight excluding hydrogens is 422 g/mol. The van der Waals surface area contributed by atoms with Crippen molar-refractivity contribution in [2.45, 2.75) is 41.5 Å². The zero-order valence-corrected chi connectivity index (χ0v) is 18.9. The first-order chi connectivity index (χ1) is 15.5. The van der Waals surface area contributed by atoms with Crippen LogP contribution in [0.15, 0.2) is 71.6 Å². The maximum atomic E-state index is 14.2. The molecule has 164 valence electrons. The number of ketones is 1. The lowest BCUT2D eigenvalue weighted by Gasteiger charge is -2.33. The number of aryl methyl sites for hydroxylation is 1. The van der Waals surface area contributed by atoms with Crippen molar-refractivity contribution in [2.24, 2.45) is 5.92 Å². The number of rotatable bonds is 4. The van der Waals surface area contributed by atoms with E-state index in [0.717, 1.165) is 21.9 Å². The molecule has 0 spiro atoms. The molecule has 0 aromatic heterocycles. The Hall–Kier alpha value is -2.83. The molecule has 2 fully saturated rings. The first-order valence-corrected chi connectivity index (χ1v) is 12.0. The van der Waals surface area contributed by atoms with Gasteiger partial charge in [-0.3, -0.25) is 19.1 Å². The number of benzene rings is 3. The van der Waals surface area contributed by atoms with Crippen LogP contribution in [0.3, 0.4) is 0 Å². The number of carbonyl (C=O) groups excluding carboxylic acids is 2. The van der Waals surface area contributed by atoms with Crippen molar-refractivity contribution < 1.29 is 18.5 Å². The number of Topliss-reactive ketones (excluding diaryl/α,β-unsaturated/α-hetero) is 1. The van der Waals surface area contributed by atoms with E-state index in [0.29, 0.717) is 17.7 Å². The second-order valence-corrected chi connectivity index (χ2v) is 10.3. The Morgan fingerprint density at radius 3 is 2.50 bits per heavy atom. The van der Waals surface area contributed by atoms with Gasteiger partial charge in [-0.2, -0.15) is 0 Å². The number of hydrogen-bond acceptors (Lipinski definition) is 5. The van der Waals surface area contributed by atoms with Gasteiger partial charge in [-0.15, -0.1) is 0 Å². The molecule has 3 aromatic rings. The van der Waals surface area contributed by atoms with Crippen LogP contribution in [-0.4, -0.2) is 33.9 Å². The molecule has 3 aromatic carbocycles. The van der Waals surface area contributed by atoms with Gasteiger partial charge in [-0.25, -0.2) is 0 Å². The number of esters is 1. The van der Waals surface area contributed by atoms with Crippen LogP contribution >= 0.6 is 0 Å². The highest BCUT2D eigenvalue weighted by Gasteiger charge is 2.67. The molecule has 1 N–H and O–H groups in total. The van der Waals surface area contributed by atoms with E-state index in [1.54, 1.807) is 0 Å². The third-order valence-electron chi connectivity index (χ3n) is 6.95. The fraction of sp³-hybridized carbons (Fsp3) is 0.308. The van der Waals surface area contributed by atoms with Crippen LogP contribution in [0.5, 0.6) is 0 Å². The van der Waals surface area contributed by atoms with Crippen molar-refractivity contribution in [3.8, 4) is 0 Å². The molecule has 5 rings (SSSR count). The average molecular weight is 448 g/mol. The number of methoxy groups -OCH3 is 1. The zero-order chi connectivity index (χ0) is 22.5. The molecule has 0 unspecified atom stereocenters. The molecule has 2 aliphatic rings. The van der Waals surface area contributed by atoms with Gasteiger partial charge in [0.1, 0.15) is 10.8 Å². The molecule has 1 saturated carbocycles. The Morgan fingerprint density at radius 1 is 1.06 bits per heavy atom. The molecule has 6 heteroatoms. The summed E-state index contributed by atoms with van der Waals surface area (Å²) < 4.78 is 18.0. The molecule has 1 aliphatic heterocycles. The maximum Gasteiger partial charge on any atom is 0.323 e. The fourth-order valence-electron chi connectivity index (χ4n) is 5.41. The predicted octanol–water partition coefficient (Wildman–Crippen LogP) is 3.86. The zero-order valence-electron chi connectivity index (χ0n) is 18.0. The lowest BCUT2D eigenvalue weighted by Crippen LogP contribution is -2.48. The molecule has 1 saturated heterocycles. The summed E-state index contributed by atoms with van der Waals surface area (Å²) in [6.07, 6.45) is 0.814. The highest BCUT2D eigenvalue weighted by molar-refractivity contribution is 7.87. The second kappa shape index (κ2) is 7.94. The van der Waals surface area contributed by atoms with Gasteiger partial charge in [-0.05, 0) is 47.9 Å². The third-order valence-corrected chi connectivity index (χ3v) is 9.03. The van der Waals surface area contributed by atoms with Crippen LogP contribution in [0.4, 0.5) is 0 Å². The Labute approximate surface area is 189 Å². The van der Waals surface area contributed by atoms with Gasteiger partial charge in [0.15, 0.2) is 5.78 Å². The summed E-state index contributed by atoms with van der Waals surface area (Å²) in [6, 6.07) is 20.2. The molecule has 5 atom stereocenters. The average Bonchev–Trinajstić information content (AvgIpc) is 3.34. The van der Waals surface area contributed by atoms with Crippen LogP contribution < -0.4 is 5.32 Å². The van der Waals surface area contributed by atoms with E-state index in [1.165, 1.54) is 7.11 Å². The minimum absolute atomic E-state index is 0.0570. The van der Waals surface area contributed by atoms with E-state index in [-0.39, 0.29) is 5.78 Å². The van der Waals surface area contributed by atoms with Crippen molar-refractivity contribution in [1.82, 2.24) is 5.32 Å². The van der Waals surface area contributed by atoms with Gasteiger partial charge >= 0.3 is 5.97 Å². The smallest absolute Gasteiger partial charge is 0.323 e. The van der Waals surface area contributed by atoms with E-state index in [9.17, 15) is 13.8 Å². The van der Waals surface area contributed by atoms with Gasteiger partial charge < -0.3 is 4.74 Å². The Kier molecular flexibility index (Phi) is 5.22. The summed E-state index contributed by atoms with van der Waals surface area (Å²) in [5.41, 5.74) is 1.91. The van der Waals surface area contributed by atoms with Gasteiger partial charge in [0.05, 0.1) is 24.0 Å². The highest BCUT2D eigenvalue weighted by Crippen LogP contribution is 2.54. The quantitative estimate of drug-likeness (QED) is 0.615. The topological polar surface area (TPSA) is 72.5 Å². The van der Waals surface area contributed by atoms with E-state index in [2.05, 4.69) is 5.32 Å². The summed E-state index contributed by atoms with van der Waals surface area (Å²) >= 11 is 0. The normalized spacial score (nSPS) is 27.9. The highest BCUT2D eigenvalue weighted by atomic mass is 32.2. The number of fused-ring (bicyclic) bond motifs is 2. The van der Waals surface area contributed by atoms with Gasteiger partial charge in [-0.1, -0.05) is 54.1 Å². The monoisotopic (exact) mass is 447 g/mol. The van der Waals surface area contributed by atoms with Crippen molar-refractivity contribution in [3.05, 3.63) is 77.9 Å². The van der Waals surface area contributed by atoms with E-state index in [4.69, 9.17) is 4.74 Å². The minimum atomic E-state index is -1.65. The number of hydrogen-bond donors (Lipinski definition) is 1. The first kappa shape index (κ1) is 21.0. The van der Waals surface area contributed by atoms with Gasteiger partial charge in [0.25, 0.3) is 0 Å². The first-order valence-electron chi connectivity index (χ1n) is 10.8. The van der Waals surface area contributed by atoms with Crippen molar-refractivity contribution in [2.75, 3.05) is 7.11 Å². The van der Waals surface area contributed by atoms with Crippen molar-refractivity contribution >= 4 is 33.3 Å². The predicted molar refractivity (Wildman–Crippen MR) is 124 cm³/mol. The molecule has 0 bridgehead atoms. The fourth-order valence-corrected chi connectivity index (χ4v) is 7.44. The SMILES string of the molecule is COC(=O)[C@@H]1N[C@H](c2ccc3ccccc3c2)[C@]2([S@@](=O)c3ccc(C)cc3)C(=O)CC[C@H]12. The summed E-state index contributed by atoms with van der Waals surface area (Å²) in [6.45, 7) is 1.97. The molecular formula is C26H25NO4S. The standard InChI is InChI=1S/C26H25NO4S/c1-16-7-11-20(12-8-16)32(30)26-21(13-14-22(26)28)23(25(29)31-2)27-24(26)19-10-9-17-5-3-4-6-18(17)15-19/h3-12,15,21,23-24,27H,13-14H2,1-2H3/t21-,23-,24-,26-,32+/m1/s1. The minimum Gasteiger partial charge on any atom is -0.468 e. The number of ether oxygens (including phenoxy) is 1. The van der Waals surface area contributed by atoms with Crippen molar-refractivity contribution in [3.63, 3.8) is 0 Å². The number of nitrogens with one attached hydrogen (secondary N) is 1. The lowest BCUT2D eigenvalue weighted by atomic mass is 9.85. The molecule has 0 radical (unpaired) electrons. The third kappa shape index (κ3) is 3.05. The van der Waals surface area contributed by atoms with Crippen LogP contribution in [-0.2, 0) is 25.1 Å². The van der Waals surface area contributed by atoms with Crippen LogP contribution in [0, 0.1) is 12.8 Å². The van der Waals surface area contributed by atoms with Crippen LogP contribution in [0.25, 0.3) is 10.8 Å². The van der Waals surface area contributed by atoms with Gasteiger partial charge in [0.2, 0.25) is 0 Å². The largest absolute Gasteiger partial charge is 0.468 e. The Balaban J connectivity index is 1.70. The summed E-state index contributed by atoms with van der Waals surface area (Å²) in [7, 11) is -0.297.